The average Bonchev–Trinajstić information content (AvgIpc) is 2.27. The zero-order valence-corrected chi connectivity index (χ0v) is 8.82. The standard InChI is InChI=1S/C10H14O5/c1-14-9(12)6-3-4-8(11)7(5-6)10(13)15-2/h6-7H,3-5H2,1-2H3. The molecular weight excluding hydrogens is 200 g/mol. The molecule has 5 nitrogen and oxygen atoms in total. The molecule has 0 spiro atoms. The van der Waals surface area contributed by atoms with E-state index in [9.17, 15) is 14.4 Å². The second-order valence-electron chi connectivity index (χ2n) is 3.54. The number of carbonyl (C=O) groups is 3. The van der Waals surface area contributed by atoms with Crippen LogP contribution in [0.3, 0.4) is 0 Å². The molecule has 0 radical (unpaired) electrons. The number of Topliss-reactive ketones (excluding diaryl/α,β-unsaturated/α-hetero) is 1. The molecule has 1 aliphatic carbocycles. The van der Waals surface area contributed by atoms with E-state index in [1.807, 2.05) is 0 Å². The molecule has 0 aromatic heterocycles. The molecule has 0 amide bonds. The lowest BCUT2D eigenvalue weighted by Crippen LogP contribution is -2.35. The van der Waals surface area contributed by atoms with E-state index in [-0.39, 0.29) is 30.5 Å². The van der Waals surface area contributed by atoms with Crippen LogP contribution in [0.5, 0.6) is 0 Å². The molecule has 1 aliphatic rings. The van der Waals surface area contributed by atoms with Gasteiger partial charge in [-0.05, 0) is 12.8 Å². The molecule has 5 heteroatoms. The highest BCUT2D eigenvalue weighted by Crippen LogP contribution is 2.28. The fraction of sp³-hybridized carbons (Fsp3) is 0.700. The second kappa shape index (κ2) is 4.91. The SMILES string of the molecule is COC(=O)C1CCC(=O)C(C(=O)OC)C1. The third kappa shape index (κ3) is 2.55. The lowest BCUT2D eigenvalue weighted by Gasteiger charge is -2.24. The molecule has 0 aromatic carbocycles. The smallest absolute Gasteiger partial charge is 0.316 e. The Morgan fingerprint density at radius 2 is 1.80 bits per heavy atom. The van der Waals surface area contributed by atoms with Crippen LogP contribution in [-0.4, -0.2) is 31.9 Å². The summed E-state index contributed by atoms with van der Waals surface area (Å²) in [6, 6.07) is 0. The topological polar surface area (TPSA) is 69.7 Å². The van der Waals surface area contributed by atoms with Crippen molar-refractivity contribution in [3.63, 3.8) is 0 Å². The molecule has 0 saturated heterocycles. The molecular formula is C10H14O5. The van der Waals surface area contributed by atoms with E-state index in [1.165, 1.54) is 14.2 Å². The lowest BCUT2D eigenvalue weighted by molar-refractivity contribution is -0.155. The number of hydrogen-bond acceptors (Lipinski definition) is 5. The fourth-order valence-corrected chi connectivity index (χ4v) is 1.78. The van der Waals surface area contributed by atoms with Crippen LogP contribution in [0.15, 0.2) is 0 Å². The van der Waals surface area contributed by atoms with Gasteiger partial charge in [0.05, 0.1) is 20.1 Å². The quantitative estimate of drug-likeness (QED) is 0.489. The Bertz CT molecular complexity index is 276. The Kier molecular flexibility index (Phi) is 3.82. The van der Waals surface area contributed by atoms with Gasteiger partial charge in [-0.2, -0.15) is 0 Å². The average molecular weight is 214 g/mol. The molecule has 0 N–H and O–H groups in total. The summed E-state index contributed by atoms with van der Waals surface area (Å²) in [4.78, 5) is 33.9. The summed E-state index contributed by atoms with van der Waals surface area (Å²) in [5.74, 6) is -2.24. The van der Waals surface area contributed by atoms with Gasteiger partial charge >= 0.3 is 11.9 Å². The van der Waals surface area contributed by atoms with Crippen LogP contribution in [-0.2, 0) is 23.9 Å². The number of carbonyl (C=O) groups excluding carboxylic acids is 3. The third-order valence-electron chi connectivity index (χ3n) is 2.67. The van der Waals surface area contributed by atoms with Crippen LogP contribution < -0.4 is 0 Å². The Morgan fingerprint density at radius 3 is 2.33 bits per heavy atom. The summed E-state index contributed by atoms with van der Waals surface area (Å²) in [7, 11) is 2.53. The van der Waals surface area contributed by atoms with Crippen molar-refractivity contribution in [3.8, 4) is 0 Å². The molecule has 1 saturated carbocycles. The lowest BCUT2D eigenvalue weighted by atomic mass is 9.80. The number of methoxy groups -OCH3 is 2. The molecule has 2 unspecified atom stereocenters. The Balaban J connectivity index is 2.68. The summed E-state index contributed by atoms with van der Waals surface area (Å²) in [5, 5.41) is 0. The first-order valence-electron chi connectivity index (χ1n) is 4.78. The van der Waals surface area contributed by atoms with E-state index in [0.717, 1.165) is 0 Å². The van der Waals surface area contributed by atoms with Crippen LogP contribution in [0.2, 0.25) is 0 Å². The van der Waals surface area contributed by atoms with Crippen molar-refractivity contribution in [2.75, 3.05) is 14.2 Å². The van der Waals surface area contributed by atoms with Gasteiger partial charge in [0.1, 0.15) is 11.7 Å². The van der Waals surface area contributed by atoms with Gasteiger partial charge in [0.25, 0.3) is 0 Å². The van der Waals surface area contributed by atoms with E-state index < -0.39 is 11.9 Å². The first kappa shape index (κ1) is 11.7. The predicted molar refractivity (Wildman–Crippen MR) is 49.9 cm³/mol. The van der Waals surface area contributed by atoms with E-state index in [1.54, 1.807) is 0 Å². The maximum Gasteiger partial charge on any atom is 0.316 e. The highest BCUT2D eigenvalue weighted by atomic mass is 16.5. The molecule has 1 fully saturated rings. The summed E-state index contributed by atoms with van der Waals surface area (Å²) < 4.78 is 9.09. The van der Waals surface area contributed by atoms with Crippen molar-refractivity contribution >= 4 is 17.7 Å². The minimum Gasteiger partial charge on any atom is -0.469 e. The highest BCUT2D eigenvalue weighted by Gasteiger charge is 2.37. The van der Waals surface area contributed by atoms with Crippen LogP contribution in [0, 0.1) is 11.8 Å². The maximum atomic E-state index is 11.4. The monoisotopic (exact) mass is 214 g/mol. The summed E-state index contributed by atoms with van der Waals surface area (Å²) in [5.41, 5.74) is 0. The number of rotatable bonds is 2. The third-order valence-corrected chi connectivity index (χ3v) is 2.67. The summed E-state index contributed by atoms with van der Waals surface area (Å²) in [6.07, 6.45) is 0.900. The van der Waals surface area contributed by atoms with Crippen molar-refractivity contribution in [1.82, 2.24) is 0 Å². The second-order valence-corrected chi connectivity index (χ2v) is 3.54. The van der Waals surface area contributed by atoms with Crippen molar-refractivity contribution in [2.45, 2.75) is 19.3 Å². The Morgan fingerprint density at radius 1 is 1.20 bits per heavy atom. The normalized spacial score (nSPS) is 25.9. The van der Waals surface area contributed by atoms with Crippen molar-refractivity contribution in [3.05, 3.63) is 0 Å². The number of esters is 2. The van der Waals surface area contributed by atoms with Crippen LogP contribution in [0.25, 0.3) is 0 Å². The molecule has 0 heterocycles. The van der Waals surface area contributed by atoms with Crippen molar-refractivity contribution in [1.29, 1.82) is 0 Å². The summed E-state index contributed by atoms with van der Waals surface area (Å²) >= 11 is 0. The molecule has 2 atom stereocenters. The number of ketones is 1. The molecule has 0 bridgehead atoms. The zero-order chi connectivity index (χ0) is 11.4. The molecule has 1 rings (SSSR count). The largest absolute Gasteiger partial charge is 0.469 e. The molecule has 15 heavy (non-hydrogen) atoms. The van der Waals surface area contributed by atoms with E-state index >= 15 is 0 Å². The van der Waals surface area contributed by atoms with E-state index in [4.69, 9.17) is 0 Å². The maximum absolute atomic E-state index is 11.4. The van der Waals surface area contributed by atoms with Gasteiger partial charge in [0, 0.05) is 6.42 Å². The first-order valence-corrected chi connectivity index (χ1v) is 4.78. The number of ether oxygens (including phenoxy) is 2. The fourth-order valence-electron chi connectivity index (χ4n) is 1.78. The van der Waals surface area contributed by atoms with Gasteiger partial charge in [0.15, 0.2) is 0 Å². The van der Waals surface area contributed by atoms with Gasteiger partial charge in [-0.3, -0.25) is 14.4 Å². The van der Waals surface area contributed by atoms with Gasteiger partial charge in [-0.1, -0.05) is 0 Å². The minimum absolute atomic E-state index is 0.151. The minimum atomic E-state index is -0.798. The van der Waals surface area contributed by atoms with Crippen LogP contribution >= 0.6 is 0 Å². The van der Waals surface area contributed by atoms with Crippen LogP contribution in [0.1, 0.15) is 19.3 Å². The molecule has 0 aromatic rings. The van der Waals surface area contributed by atoms with Crippen molar-refractivity contribution in [2.24, 2.45) is 11.8 Å². The van der Waals surface area contributed by atoms with Gasteiger partial charge in [0.2, 0.25) is 0 Å². The van der Waals surface area contributed by atoms with Gasteiger partial charge in [-0.15, -0.1) is 0 Å². The molecule has 0 aliphatic heterocycles. The van der Waals surface area contributed by atoms with Crippen molar-refractivity contribution < 1.29 is 23.9 Å². The predicted octanol–water partition coefficient (Wildman–Crippen LogP) is 0.318. The summed E-state index contributed by atoms with van der Waals surface area (Å²) in [6.45, 7) is 0. The Labute approximate surface area is 87.7 Å². The van der Waals surface area contributed by atoms with E-state index in [0.29, 0.717) is 6.42 Å². The van der Waals surface area contributed by atoms with E-state index in [2.05, 4.69) is 9.47 Å². The van der Waals surface area contributed by atoms with Gasteiger partial charge in [-0.25, -0.2) is 0 Å². The Hall–Kier alpha value is -1.39. The first-order chi connectivity index (χ1) is 7.10. The zero-order valence-electron chi connectivity index (χ0n) is 8.82. The van der Waals surface area contributed by atoms with Gasteiger partial charge < -0.3 is 9.47 Å². The van der Waals surface area contributed by atoms with Crippen LogP contribution in [0.4, 0.5) is 0 Å². The number of hydrogen-bond donors (Lipinski definition) is 0. The highest BCUT2D eigenvalue weighted by molar-refractivity contribution is 6.00. The molecule has 84 valence electrons.